The van der Waals surface area contributed by atoms with Crippen molar-refractivity contribution in [2.75, 3.05) is 0 Å². The van der Waals surface area contributed by atoms with E-state index in [0.717, 1.165) is 0 Å². The molecular weight excluding hydrogens is 328 g/mol. The summed E-state index contributed by atoms with van der Waals surface area (Å²) in [5, 5.41) is 0. The van der Waals surface area contributed by atoms with E-state index >= 15 is 0 Å². The highest BCUT2D eigenvalue weighted by molar-refractivity contribution is 9.10. The number of rotatable bonds is 3. The number of hydrogen-bond acceptors (Lipinski definition) is 3. The average molecular weight is 331 g/mol. The first kappa shape index (κ1) is 13.0. The molecule has 0 spiro atoms. The smallest absolute Gasteiger partial charge is 0.211 e. The second-order valence-corrected chi connectivity index (χ2v) is 6.11. The average Bonchev–Trinajstić information content (AvgIpc) is 2.08. The number of isocyanates is 1. The molecule has 0 unspecified atom stereocenters. The summed E-state index contributed by atoms with van der Waals surface area (Å²) in [5.74, 6) is 0. The number of aliphatic imine (C=N–C) groups is 1. The molecular formula is C8H3BrCl2FNOS. The highest BCUT2D eigenvalue weighted by Crippen LogP contribution is 2.44. The van der Waals surface area contributed by atoms with Crippen LogP contribution in [-0.2, 0) is 4.79 Å². The molecule has 0 aliphatic rings. The fourth-order valence-electron chi connectivity index (χ4n) is 0.819. The molecule has 0 aliphatic carbocycles. The van der Waals surface area contributed by atoms with Crippen molar-refractivity contribution >= 4 is 62.7 Å². The Kier molecular flexibility index (Phi) is 4.62. The van der Waals surface area contributed by atoms with Crippen LogP contribution in [0.15, 0.2) is 32.6 Å². The van der Waals surface area contributed by atoms with Crippen LogP contribution in [0.2, 0.25) is 0 Å². The minimum absolute atomic E-state index is 0.412. The molecule has 0 amide bonds. The van der Waals surface area contributed by atoms with Crippen molar-refractivity contribution < 1.29 is 9.18 Å². The highest BCUT2D eigenvalue weighted by atomic mass is 79.9. The SMILES string of the molecule is O=C=Nc1ccc(SC(F)(Cl)Cl)c(Br)c1. The van der Waals surface area contributed by atoms with Crippen molar-refractivity contribution in [3.05, 3.63) is 22.7 Å². The van der Waals surface area contributed by atoms with Gasteiger partial charge in [-0.2, -0.15) is 9.38 Å². The van der Waals surface area contributed by atoms with Gasteiger partial charge in [0.2, 0.25) is 6.08 Å². The second kappa shape index (κ2) is 5.32. The summed E-state index contributed by atoms with van der Waals surface area (Å²) in [6, 6.07) is 4.61. The number of hydrogen-bond donors (Lipinski definition) is 0. The maximum atomic E-state index is 12.9. The van der Waals surface area contributed by atoms with Gasteiger partial charge in [-0.15, -0.1) is 0 Å². The van der Waals surface area contributed by atoms with Gasteiger partial charge in [-0.05, 0) is 34.1 Å². The number of nitrogens with zero attached hydrogens (tertiary/aromatic N) is 1. The third-order valence-corrected chi connectivity index (χ3v) is 3.50. The van der Waals surface area contributed by atoms with Crippen molar-refractivity contribution in [2.45, 2.75) is 8.81 Å². The summed E-state index contributed by atoms with van der Waals surface area (Å²) in [4.78, 5) is 13.9. The molecule has 1 aromatic rings. The number of halogens is 4. The fraction of sp³-hybridized carbons (Fsp3) is 0.125. The molecule has 80 valence electrons. The molecule has 2 nitrogen and oxygen atoms in total. The summed E-state index contributed by atoms with van der Waals surface area (Å²) < 4.78 is 11.0. The van der Waals surface area contributed by atoms with Crippen molar-refractivity contribution in [2.24, 2.45) is 4.99 Å². The maximum Gasteiger partial charge on any atom is 0.309 e. The lowest BCUT2D eigenvalue weighted by Gasteiger charge is -2.09. The summed E-state index contributed by atoms with van der Waals surface area (Å²) in [6.07, 6.45) is 1.40. The lowest BCUT2D eigenvalue weighted by molar-refractivity contribution is 0.515. The van der Waals surface area contributed by atoms with Crippen LogP contribution < -0.4 is 0 Å². The van der Waals surface area contributed by atoms with E-state index in [9.17, 15) is 9.18 Å². The van der Waals surface area contributed by atoms with Gasteiger partial charge in [0.1, 0.15) is 0 Å². The Labute approximate surface area is 108 Å². The van der Waals surface area contributed by atoms with Crippen LogP contribution in [0.4, 0.5) is 10.1 Å². The van der Waals surface area contributed by atoms with Crippen LogP contribution >= 0.6 is 50.9 Å². The normalized spacial score (nSPS) is 10.9. The molecule has 0 saturated carbocycles. The molecule has 0 atom stereocenters. The van der Waals surface area contributed by atoms with Gasteiger partial charge in [-0.1, -0.05) is 35.0 Å². The molecule has 1 rings (SSSR count). The first-order valence-electron chi connectivity index (χ1n) is 3.55. The van der Waals surface area contributed by atoms with Gasteiger partial charge in [0, 0.05) is 9.37 Å². The van der Waals surface area contributed by atoms with Crippen molar-refractivity contribution in [3.8, 4) is 0 Å². The fourth-order valence-corrected chi connectivity index (χ4v) is 2.47. The minimum Gasteiger partial charge on any atom is -0.211 e. The van der Waals surface area contributed by atoms with E-state index in [4.69, 9.17) is 23.2 Å². The van der Waals surface area contributed by atoms with E-state index in [2.05, 4.69) is 20.9 Å². The Morgan fingerprint density at radius 3 is 2.67 bits per heavy atom. The van der Waals surface area contributed by atoms with Gasteiger partial charge in [-0.25, -0.2) is 4.79 Å². The van der Waals surface area contributed by atoms with Crippen molar-refractivity contribution in [3.63, 3.8) is 0 Å². The molecule has 1 aromatic carbocycles. The minimum atomic E-state index is -2.39. The molecule has 15 heavy (non-hydrogen) atoms. The molecule has 0 aliphatic heterocycles. The summed E-state index contributed by atoms with van der Waals surface area (Å²) in [5.41, 5.74) is 0.412. The van der Waals surface area contributed by atoms with Gasteiger partial charge in [0.15, 0.2) is 0 Å². The Morgan fingerprint density at radius 1 is 1.53 bits per heavy atom. The summed E-state index contributed by atoms with van der Waals surface area (Å²) in [6.45, 7) is 0. The van der Waals surface area contributed by atoms with Gasteiger partial charge in [-0.3, -0.25) is 0 Å². The standard InChI is InChI=1S/C8H3BrCl2FNOS/c9-6-3-5(13-4-14)1-2-7(6)15-8(10,11)12/h1-3H. The van der Waals surface area contributed by atoms with Gasteiger partial charge in [0.05, 0.1) is 5.69 Å². The van der Waals surface area contributed by atoms with Crippen LogP contribution in [-0.4, -0.2) is 10.00 Å². The molecule has 0 saturated heterocycles. The van der Waals surface area contributed by atoms with E-state index in [1.165, 1.54) is 18.2 Å². The van der Waals surface area contributed by atoms with Crippen LogP contribution in [0.1, 0.15) is 0 Å². The van der Waals surface area contributed by atoms with E-state index in [0.29, 0.717) is 26.8 Å². The monoisotopic (exact) mass is 329 g/mol. The zero-order chi connectivity index (χ0) is 11.5. The lowest BCUT2D eigenvalue weighted by Crippen LogP contribution is -1.95. The largest absolute Gasteiger partial charge is 0.309 e. The molecule has 7 heteroatoms. The van der Waals surface area contributed by atoms with Crippen LogP contribution in [0.3, 0.4) is 0 Å². The molecule has 0 fully saturated rings. The number of alkyl halides is 3. The molecule has 0 bridgehead atoms. The summed E-state index contributed by atoms with van der Waals surface area (Å²) >= 11 is 14.2. The maximum absolute atomic E-state index is 12.9. The van der Waals surface area contributed by atoms with Crippen LogP contribution in [0.5, 0.6) is 0 Å². The zero-order valence-electron chi connectivity index (χ0n) is 7.01. The lowest BCUT2D eigenvalue weighted by atomic mass is 10.3. The zero-order valence-corrected chi connectivity index (χ0v) is 10.9. The third-order valence-electron chi connectivity index (χ3n) is 1.32. The van der Waals surface area contributed by atoms with E-state index < -0.39 is 3.92 Å². The van der Waals surface area contributed by atoms with Gasteiger partial charge >= 0.3 is 3.92 Å². The summed E-state index contributed by atoms with van der Waals surface area (Å²) in [7, 11) is 0. The Balaban J connectivity index is 2.98. The van der Waals surface area contributed by atoms with Crippen LogP contribution in [0.25, 0.3) is 0 Å². The van der Waals surface area contributed by atoms with E-state index in [-0.39, 0.29) is 0 Å². The molecule has 0 radical (unpaired) electrons. The third kappa shape index (κ3) is 4.53. The van der Waals surface area contributed by atoms with Crippen LogP contribution in [0, 0.1) is 0 Å². The molecule has 0 heterocycles. The highest BCUT2D eigenvalue weighted by Gasteiger charge is 2.24. The predicted molar refractivity (Wildman–Crippen MR) is 63.3 cm³/mol. The van der Waals surface area contributed by atoms with Gasteiger partial charge < -0.3 is 0 Å². The molecule has 0 N–H and O–H groups in total. The van der Waals surface area contributed by atoms with E-state index in [1.54, 1.807) is 6.07 Å². The predicted octanol–water partition coefficient (Wildman–Crippen LogP) is 4.57. The Hall–Kier alpha value is -0.0600. The van der Waals surface area contributed by atoms with Gasteiger partial charge in [0.25, 0.3) is 0 Å². The van der Waals surface area contributed by atoms with Crippen molar-refractivity contribution in [1.82, 2.24) is 0 Å². The topological polar surface area (TPSA) is 29.4 Å². The second-order valence-electron chi connectivity index (χ2n) is 2.37. The number of benzene rings is 1. The van der Waals surface area contributed by atoms with E-state index in [1.807, 2.05) is 0 Å². The quantitative estimate of drug-likeness (QED) is 0.352. The Morgan fingerprint density at radius 2 is 2.20 bits per heavy atom. The Bertz CT molecular complexity index is 418. The first-order valence-corrected chi connectivity index (χ1v) is 5.92. The number of thioether (sulfide) groups is 1. The first-order chi connectivity index (χ1) is 6.92. The molecule has 0 aromatic heterocycles. The van der Waals surface area contributed by atoms with Crippen molar-refractivity contribution in [1.29, 1.82) is 0 Å². The number of carbonyl (C=O) groups excluding carboxylic acids is 1.